The molecule has 0 unspecified atom stereocenters. The van der Waals surface area contributed by atoms with Gasteiger partial charge in [-0.1, -0.05) is 23.7 Å². The van der Waals surface area contributed by atoms with Gasteiger partial charge in [-0.2, -0.15) is 0 Å². The van der Waals surface area contributed by atoms with Crippen LogP contribution in [0.2, 0.25) is 5.02 Å². The van der Waals surface area contributed by atoms with Crippen LogP contribution in [-0.2, 0) is 0 Å². The Bertz CT molecular complexity index is 628. The van der Waals surface area contributed by atoms with Gasteiger partial charge in [0.15, 0.2) is 5.65 Å². The van der Waals surface area contributed by atoms with E-state index >= 15 is 0 Å². The van der Waals surface area contributed by atoms with Gasteiger partial charge in [-0.3, -0.25) is 4.98 Å². The van der Waals surface area contributed by atoms with Crippen molar-refractivity contribution in [3.05, 3.63) is 54.1 Å². The number of hydrogen-bond acceptors (Lipinski definition) is 2. The zero-order chi connectivity index (χ0) is 11.0. The normalized spacial score (nSPS) is 10.8. The van der Waals surface area contributed by atoms with Gasteiger partial charge in [0.05, 0.1) is 11.9 Å². The van der Waals surface area contributed by atoms with Gasteiger partial charge in [-0.25, -0.2) is 4.98 Å². The highest BCUT2D eigenvalue weighted by atomic mass is 35.5. The van der Waals surface area contributed by atoms with Crippen molar-refractivity contribution in [3.8, 4) is 11.3 Å². The average Bonchev–Trinajstić information content (AvgIpc) is 2.77. The zero-order valence-corrected chi connectivity index (χ0v) is 9.09. The highest BCUT2D eigenvalue weighted by Gasteiger charge is 2.01. The molecule has 3 rings (SSSR count). The Labute approximate surface area is 97.3 Å². The zero-order valence-electron chi connectivity index (χ0n) is 8.34. The predicted octanol–water partition coefficient (Wildman–Crippen LogP) is 3.05. The lowest BCUT2D eigenvalue weighted by atomic mass is 10.2. The van der Waals surface area contributed by atoms with Crippen LogP contribution in [0.5, 0.6) is 0 Å². The molecule has 0 saturated heterocycles. The Morgan fingerprint density at radius 1 is 1.06 bits per heavy atom. The third kappa shape index (κ3) is 1.55. The number of benzene rings is 1. The van der Waals surface area contributed by atoms with Crippen molar-refractivity contribution in [3.63, 3.8) is 0 Å². The Kier molecular flexibility index (Phi) is 2.11. The molecule has 0 atom stereocenters. The van der Waals surface area contributed by atoms with E-state index in [1.807, 2.05) is 41.1 Å². The van der Waals surface area contributed by atoms with Crippen LogP contribution in [0.4, 0.5) is 0 Å². The molecule has 0 fully saturated rings. The summed E-state index contributed by atoms with van der Waals surface area (Å²) in [6.07, 6.45) is 7.36. The van der Waals surface area contributed by atoms with Crippen molar-refractivity contribution in [2.75, 3.05) is 0 Å². The first-order valence-electron chi connectivity index (χ1n) is 4.87. The molecule has 0 amide bonds. The van der Waals surface area contributed by atoms with Crippen LogP contribution in [0.15, 0.2) is 49.1 Å². The molecule has 2 aromatic heterocycles. The van der Waals surface area contributed by atoms with Crippen molar-refractivity contribution >= 4 is 17.2 Å². The average molecular weight is 230 g/mol. The van der Waals surface area contributed by atoms with E-state index < -0.39 is 0 Å². The lowest BCUT2D eigenvalue weighted by molar-refractivity contribution is 1.13. The monoisotopic (exact) mass is 229 g/mol. The number of nitrogens with zero attached hydrogens (tertiary/aromatic N) is 3. The topological polar surface area (TPSA) is 30.2 Å². The summed E-state index contributed by atoms with van der Waals surface area (Å²) < 4.78 is 1.94. The van der Waals surface area contributed by atoms with Crippen LogP contribution < -0.4 is 0 Å². The van der Waals surface area contributed by atoms with Crippen molar-refractivity contribution < 1.29 is 0 Å². The summed E-state index contributed by atoms with van der Waals surface area (Å²) >= 11 is 5.84. The van der Waals surface area contributed by atoms with E-state index in [0.29, 0.717) is 0 Å². The summed E-state index contributed by atoms with van der Waals surface area (Å²) in [5, 5.41) is 0.729. The second-order valence-corrected chi connectivity index (χ2v) is 3.91. The van der Waals surface area contributed by atoms with E-state index in [1.54, 1.807) is 12.4 Å². The molecule has 3 aromatic rings. The minimum absolute atomic E-state index is 0.729. The van der Waals surface area contributed by atoms with Crippen LogP contribution in [0, 0.1) is 0 Å². The molecule has 0 aliphatic carbocycles. The van der Waals surface area contributed by atoms with E-state index in [0.717, 1.165) is 21.9 Å². The van der Waals surface area contributed by atoms with Gasteiger partial charge in [0.1, 0.15) is 0 Å². The minimum atomic E-state index is 0.729. The summed E-state index contributed by atoms with van der Waals surface area (Å²) in [5.74, 6) is 0. The van der Waals surface area contributed by atoms with Crippen LogP contribution in [0.1, 0.15) is 0 Å². The van der Waals surface area contributed by atoms with Gasteiger partial charge < -0.3 is 4.40 Å². The minimum Gasteiger partial charge on any atom is -0.304 e. The smallest absolute Gasteiger partial charge is 0.155 e. The molecule has 0 bridgehead atoms. The summed E-state index contributed by atoms with van der Waals surface area (Å²) in [5.41, 5.74) is 2.79. The second kappa shape index (κ2) is 3.61. The molecule has 16 heavy (non-hydrogen) atoms. The standard InChI is InChI=1S/C12H8ClN3/c13-10-3-1-9(2-4-10)11-8-16-6-5-14-12(16)7-15-11/h1-8H. The van der Waals surface area contributed by atoms with Crippen molar-refractivity contribution in [1.82, 2.24) is 14.4 Å². The Morgan fingerprint density at radius 3 is 2.69 bits per heavy atom. The quantitative estimate of drug-likeness (QED) is 0.642. The molecule has 0 aliphatic heterocycles. The van der Waals surface area contributed by atoms with Gasteiger partial charge in [-0.15, -0.1) is 0 Å². The summed E-state index contributed by atoms with van der Waals surface area (Å²) in [4.78, 5) is 8.50. The number of fused-ring (bicyclic) bond motifs is 1. The van der Waals surface area contributed by atoms with Gasteiger partial charge in [0.2, 0.25) is 0 Å². The molecule has 2 heterocycles. The number of aromatic nitrogens is 3. The first-order valence-corrected chi connectivity index (χ1v) is 5.25. The van der Waals surface area contributed by atoms with Crippen molar-refractivity contribution in [1.29, 1.82) is 0 Å². The summed E-state index contributed by atoms with van der Waals surface area (Å²) in [7, 11) is 0. The molecule has 0 spiro atoms. The third-order valence-electron chi connectivity index (χ3n) is 2.42. The molecule has 3 nitrogen and oxygen atoms in total. The van der Waals surface area contributed by atoms with Crippen molar-refractivity contribution in [2.24, 2.45) is 0 Å². The molecule has 78 valence electrons. The SMILES string of the molecule is Clc1ccc(-c2cn3ccnc3cn2)cc1. The van der Waals surface area contributed by atoms with Crippen LogP contribution in [-0.4, -0.2) is 14.4 Å². The third-order valence-corrected chi connectivity index (χ3v) is 2.67. The number of halogens is 1. The van der Waals surface area contributed by atoms with Crippen LogP contribution in [0.3, 0.4) is 0 Å². The Balaban J connectivity index is 2.14. The van der Waals surface area contributed by atoms with Gasteiger partial charge >= 0.3 is 0 Å². The molecule has 0 aliphatic rings. The second-order valence-electron chi connectivity index (χ2n) is 3.47. The summed E-state index contributed by atoms with van der Waals surface area (Å²) in [6, 6.07) is 7.62. The fraction of sp³-hybridized carbons (Fsp3) is 0. The maximum Gasteiger partial charge on any atom is 0.155 e. The molecule has 4 heteroatoms. The molecule has 0 N–H and O–H groups in total. The van der Waals surface area contributed by atoms with Gasteiger partial charge in [-0.05, 0) is 12.1 Å². The van der Waals surface area contributed by atoms with E-state index in [4.69, 9.17) is 11.6 Å². The van der Waals surface area contributed by atoms with Crippen LogP contribution >= 0.6 is 11.6 Å². The Morgan fingerprint density at radius 2 is 1.88 bits per heavy atom. The number of rotatable bonds is 1. The number of imidazole rings is 1. The fourth-order valence-electron chi connectivity index (χ4n) is 1.60. The van der Waals surface area contributed by atoms with E-state index in [-0.39, 0.29) is 0 Å². The maximum absolute atomic E-state index is 5.84. The van der Waals surface area contributed by atoms with Gasteiger partial charge in [0, 0.05) is 29.2 Å². The molecular formula is C12H8ClN3. The maximum atomic E-state index is 5.84. The molecular weight excluding hydrogens is 222 g/mol. The van der Waals surface area contributed by atoms with Crippen LogP contribution in [0.25, 0.3) is 16.9 Å². The molecule has 0 saturated carbocycles. The van der Waals surface area contributed by atoms with Gasteiger partial charge in [0.25, 0.3) is 0 Å². The molecule has 0 radical (unpaired) electrons. The van der Waals surface area contributed by atoms with E-state index in [9.17, 15) is 0 Å². The highest BCUT2D eigenvalue weighted by molar-refractivity contribution is 6.30. The predicted molar refractivity (Wildman–Crippen MR) is 63.4 cm³/mol. The fourth-order valence-corrected chi connectivity index (χ4v) is 1.72. The van der Waals surface area contributed by atoms with E-state index in [1.165, 1.54) is 0 Å². The highest BCUT2D eigenvalue weighted by Crippen LogP contribution is 2.19. The lowest BCUT2D eigenvalue weighted by Gasteiger charge is -2.01. The Hall–Kier alpha value is -1.87. The first kappa shape index (κ1) is 9.36. The molecule has 1 aromatic carbocycles. The van der Waals surface area contributed by atoms with Crippen molar-refractivity contribution in [2.45, 2.75) is 0 Å². The lowest BCUT2D eigenvalue weighted by Crippen LogP contribution is -1.89. The number of hydrogen-bond donors (Lipinski definition) is 0. The summed E-state index contributed by atoms with van der Waals surface area (Å²) in [6.45, 7) is 0. The van der Waals surface area contributed by atoms with E-state index in [2.05, 4.69) is 9.97 Å². The largest absolute Gasteiger partial charge is 0.304 e. The first-order chi connectivity index (χ1) is 7.83.